The summed E-state index contributed by atoms with van der Waals surface area (Å²) in [6.45, 7) is 5.28. The monoisotopic (exact) mass is 332 g/mol. The van der Waals surface area contributed by atoms with Crippen LogP contribution in [0.1, 0.15) is 27.2 Å². The molecule has 0 fully saturated rings. The average Bonchev–Trinajstić information content (AvgIpc) is 2.38. The lowest BCUT2D eigenvalue weighted by molar-refractivity contribution is -0.274. The zero-order chi connectivity index (χ0) is 17.7. The van der Waals surface area contributed by atoms with Gasteiger partial charge in [-0.25, -0.2) is 0 Å². The summed E-state index contributed by atoms with van der Waals surface area (Å²) in [5.74, 6) is -1.24. The number of para-hydroxylation sites is 2. The number of alkyl halides is 3. The molecule has 0 aliphatic carbocycles. The van der Waals surface area contributed by atoms with Gasteiger partial charge >= 0.3 is 6.36 Å². The Balaban J connectivity index is 2.57. The molecule has 0 aliphatic rings. The van der Waals surface area contributed by atoms with Gasteiger partial charge in [0.15, 0.2) is 5.75 Å². The molecule has 0 saturated carbocycles. The molecule has 2 amide bonds. The minimum Gasteiger partial charge on any atom is -0.404 e. The highest BCUT2D eigenvalue weighted by Gasteiger charge is 2.32. The van der Waals surface area contributed by atoms with E-state index < -0.39 is 23.4 Å². The van der Waals surface area contributed by atoms with Crippen molar-refractivity contribution in [3.05, 3.63) is 24.3 Å². The Kier molecular flexibility index (Phi) is 6.00. The second-order valence-electron chi connectivity index (χ2n) is 5.85. The standard InChI is InChI=1S/C15H19F3N2O3/c1-14(2,3)13(22)19-9-8-12(21)20-10-6-4-5-7-11(10)23-15(16,17)18/h4-7H,8-9H2,1-3H3,(H,19,22)(H,20,21). The third kappa shape index (κ3) is 7.03. The van der Waals surface area contributed by atoms with Crippen molar-refractivity contribution in [1.82, 2.24) is 5.32 Å². The molecule has 0 bridgehead atoms. The molecule has 0 heterocycles. The predicted molar refractivity (Wildman–Crippen MR) is 78.8 cm³/mol. The van der Waals surface area contributed by atoms with E-state index >= 15 is 0 Å². The molecule has 23 heavy (non-hydrogen) atoms. The summed E-state index contributed by atoms with van der Waals surface area (Å²) in [4.78, 5) is 23.4. The number of nitrogens with one attached hydrogen (secondary N) is 2. The molecule has 1 aromatic carbocycles. The van der Waals surface area contributed by atoms with Gasteiger partial charge in [-0.05, 0) is 12.1 Å². The summed E-state index contributed by atoms with van der Waals surface area (Å²) >= 11 is 0. The fourth-order valence-corrected chi connectivity index (χ4v) is 1.55. The molecule has 128 valence electrons. The van der Waals surface area contributed by atoms with E-state index in [9.17, 15) is 22.8 Å². The van der Waals surface area contributed by atoms with Gasteiger partial charge in [0.1, 0.15) is 0 Å². The van der Waals surface area contributed by atoms with Gasteiger partial charge < -0.3 is 15.4 Å². The number of hydrogen-bond donors (Lipinski definition) is 2. The van der Waals surface area contributed by atoms with E-state index in [4.69, 9.17) is 0 Å². The Hall–Kier alpha value is -2.25. The first kappa shape index (κ1) is 18.8. The highest BCUT2D eigenvalue weighted by atomic mass is 19.4. The molecule has 0 aliphatic heterocycles. The van der Waals surface area contributed by atoms with E-state index in [-0.39, 0.29) is 24.6 Å². The molecule has 1 aromatic rings. The lowest BCUT2D eigenvalue weighted by Gasteiger charge is -2.17. The van der Waals surface area contributed by atoms with Crippen LogP contribution in [0.15, 0.2) is 24.3 Å². The SMILES string of the molecule is CC(C)(C)C(=O)NCCC(=O)Nc1ccccc1OC(F)(F)F. The van der Waals surface area contributed by atoms with Crippen LogP contribution >= 0.6 is 0 Å². The number of anilines is 1. The third-order valence-corrected chi connectivity index (χ3v) is 2.71. The Labute approximate surface area is 132 Å². The maximum absolute atomic E-state index is 12.3. The maximum atomic E-state index is 12.3. The number of carbonyl (C=O) groups is 2. The van der Waals surface area contributed by atoms with Crippen LogP contribution in [-0.2, 0) is 9.59 Å². The zero-order valence-corrected chi connectivity index (χ0v) is 13.1. The topological polar surface area (TPSA) is 67.4 Å². The van der Waals surface area contributed by atoms with E-state index in [1.807, 2.05) is 0 Å². The van der Waals surface area contributed by atoms with Crippen LogP contribution in [0, 0.1) is 5.41 Å². The highest BCUT2D eigenvalue weighted by molar-refractivity contribution is 5.92. The van der Waals surface area contributed by atoms with E-state index in [0.717, 1.165) is 6.07 Å². The van der Waals surface area contributed by atoms with Crippen molar-refractivity contribution < 1.29 is 27.5 Å². The molecule has 0 radical (unpaired) electrons. The normalized spacial score (nSPS) is 11.7. The Morgan fingerprint density at radius 1 is 1.13 bits per heavy atom. The van der Waals surface area contributed by atoms with Crippen molar-refractivity contribution in [3.8, 4) is 5.75 Å². The third-order valence-electron chi connectivity index (χ3n) is 2.71. The van der Waals surface area contributed by atoms with E-state index in [1.54, 1.807) is 20.8 Å². The van der Waals surface area contributed by atoms with E-state index in [0.29, 0.717) is 0 Å². The summed E-state index contributed by atoms with van der Waals surface area (Å²) in [5, 5.41) is 4.91. The van der Waals surface area contributed by atoms with Gasteiger partial charge in [-0.15, -0.1) is 13.2 Å². The number of benzene rings is 1. The lowest BCUT2D eigenvalue weighted by Crippen LogP contribution is -2.36. The molecule has 2 N–H and O–H groups in total. The van der Waals surface area contributed by atoms with Gasteiger partial charge in [-0.3, -0.25) is 9.59 Å². The molecular weight excluding hydrogens is 313 g/mol. The van der Waals surface area contributed by atoms with Gasteiger partial charge in [0.25, 0.3) is 0 Å². The highest BCUT2D eigenvalue weighted by Crippen LogP contribution is 2.29. The first-order valence-electron chi connectivity index (χ1n) is 6.92. The van der Waals surface area contributed by atoms with Crippen LogP contribution in [0.2, 0.25) is 0 Å². The van der Waals surface area contributed by atoms with Gasteiger partial charge in [-0.2, -0.15) is 0 Å². The van der Waals surface area contributed by atoms with Crippen molar-refractivity contribution in [2.75, 3.05) is 11.9 Å². The van der Waals surface area contributed by atoms with Crippen molar-refractivity contribution in [2.45, 2.75) is 33.6 Å². The average molecular weight is 332 g/mol. The number of hydrogen-bond acceptors (Lipinski definition) is 3. The Bertz CT molecular complexity index is 566. The minimum atomic E-state index is -4.85. The lowest BCUT2D eigenvalue weighted by atomic mass is 9.96. The van der Waals surface area contributed by atoms with Crippen LogP contribution in [0.4, 0.5) is 18.9 Å². The van der Waals surface area contributed by atoms with E-state index in [2.05, 4.69) is 15.4 Å². The largest absolute Gasteiger partial charge is 0.573 e. The molecule has 0 atom stereocenters. The maximum Gasteiger partial charge on any atom is 0.573 e. The fourth-order valence-electron chi connectivity index (χ4n) is 1.55. The molecule has 0 saturated heterocycles. The van der Waals surface area contributed by atoms with Crippen LogP contribution in [-0.4, -0.2) is 24.7 Å². The second kappa shape index (κ2) is 7.34. The molecule has 0 unspecified atom stereocenters. The number of carbonyl (C=O) groups excluding carboxylic acids is 2. The van der Waals surface area contributed by atoms with Gasteiger partial charge in [0.05, 0.1) is 5.69 Å². The molecule has 1 rings (SSSR count). The minimum absolute atomic E-state index is 0.0673. The van der Waals surface area contributed by atoms with Crippen LogP contribution in [0.25, 0.3) is 0 Å². The number of ether oxygens (including phenoxy) is 1. The molecular formula is C15H19F3N2O3. The van der Waals surface area contributed by atoms with Gasteiger partial charge in [0.2, 0.25) is 11.8 Å². The number of rotatable bonds is 5. The summed E-state index contributed by atoms with van der Waals surface area (Å²) in [6.07, 6.45) is -4.91. The van der Waals surface area contributed by atoms with Crippen LogP contribution in [0.5, 0.6) is 5.75 Å². The summed E-state index contributed by atoms with van der Waals surface area (Å²) in [5.41, 5.74) is -0.666. The van der Waals surface area contributed by atoms with Gasteiger partial charge in [-0.1, -0.05) is 32.9 Å². The van der Waals surface area contributed by atoms with Crippen molar-refractivity contribution in [1.29, 1.82) is 0 Å². The quantitative estimate of drug-likeness (QED) is 0.871. The molecule has 8 heteroatoms. The zero-order valence-electron chi connectivity index (χ0n) is 13.1. The first-order chi connectivity index (χ1) is 10.5. The summed E-state index contributed by atoms with van der Waals surface area (Å²) < 4.78 is 40.7. The predicted octanol–water partition coefficient (Wildman–Crippen LogP) is 3.08. The van der Waals surface area contributed by atoms with Crippen molar-refractivity contribution >= 4 is 17.5 Å². The Morgan fingerprint density at radius 2 is 1.74 bits per heavy atom. The molecule has 0 aromatic heterocycles. The molecule has 5 nitrogen and oxygen atoms in total. The Morgan fingerprint density at radius 3 is 2.30 bits per heavy atom. The van der Waals surface area contributed by atoms with Crippen LogP contribution in [0.3, 0.4) is 0 Å². The van der Waals surface area contributed by atoms with E-state index in [1.165, 1.54) is 18.2 Å². The molecule has 0 spiro atoms. The van der Waals surface area contributed by atoms with Crippen molar-refractivity contribution in [2.24, 2.45) is 5.41 Å². The summed E-state index contributed by atoms with van der Waals surface area (Å²) in [7, 11) is 0. The summed E-state index contributed by atoms with van der Waals surface area (Å²) in [6, 6.07) is 5.23. The van der Waals surface area contributed by atoms with Crippen molar-refractivity contribution in [3.63, 3.8) is 0 Å². The first-order valence-corrected chi connectivity index (χ1v) is 6.92. The second-order valence-corrected chi connectivity index (χ2v) is 5.85. The smallest absolute Gasteiger partial charge is 0.404 e. The van der Waals surface area contributed by atoms with Gasteiger partial charge in [0, 0.05) is 18.4 Å². The van der Waals surface area contributed by atoms with Crippen LogP contribution < -0.4 is 15.4 Å². The number of halogens is 3. The fraction of sp³-hybridized carbons (Fsp3) is 0.467. The number of amides is 2.